The van der Waals surface area contributed by atoms with Crippen LogP contribution in [-0.4, -0.2) is 48.8 Å². The standard InChI is InChI=1S/C116H122N4O5/c1-109(2,3)83-31-43-89(44-32-83)115(90-45-33-84(34-46-90)110(4,5)6,91-47-35-85(36-48-91)111(7,8)9)95-55-67-103(68-56-95)123-77-21-75-121-101-63-27-81(28-64-101)107-25-19-23-99(119-107)79-117-97-59-71-105(72-60-97)125-106-73-61-98(62-74-106)118-80-100-24-20-26-108(120-100)82-29-65-102(66-30-82)122-76-22-78-124-104-69-57-96(58-70-104)116(92-49-37-86(38-50-92)112(10,11)12,93-51-39-87(40-52-93)113(13,14)15)94-53-41-88(42-54-94)114(16,17)18/h19-20,23-74,79-80H,21-22,75-78H2,1-18H3. The third-order valence-corrected chi connectivity index (χ3v) is 23.8. The molecule has 125 heavy (non-hydrogen) atoms. The number of aliphatic imine (C=N–C) groups is 2. The van der Waals surface area contributed by atoms with Crippen molar-refractivity contribution in [1.82, 2.24) is 9.97 Å². The van der Waals surface area contributed by atoms with Crippen molar-refractivity contribution < 1.29 is 23.7 Å². The van der Waals surface area contributed by atoms with Gasteiger partial charge in [-0.1, -0.05) is 307 Å². The molecular formula is C116H122N4O5. The number of nitrogens with zero attached hydrogens (tertiary/aromatic N) is 4. The second-order valence-corrected chi connectivity index (χ2v) is 39.2. The molecule has 0 N–H and O–H groups in total. The number of hydrogen-bond acceptors (Lipinski definition) is 9. The summed E-state index contributed by atoms with van der Waals surface area (Å²) in [5.41, 5.74) is 23.1. The molecule has 0 amide bonds. The van der Waals surface area contributed by atoms with Crippen molar-refractivity contribution in [3.63, 3.8) is 0 Å². The Labute approximate surface area is 743 Å². The molecule has 12 aromatic carbocycles. The monoisotopic (exact) mass is 1650 g/mol. The number of benzene rings is 12. The quantitative estimate of drug-likeness (QED) is 0.0274. The van der Waals surface area contributed by atoms with Crippen LogP contribution in [-0.2, 0) is 43.3 Å². The number of pyridine rings is 2. The predicted octanol–water partition coefficient (Wildman–Crippen LogP) is 29.4. The van der Waals surface area contributed by atoms with Gasteiger partial charge in [0.1, 0.15) is 34.5 Å². The summed E-state index contributed by atoms with van der Waals surface area (Å²) < 4.78 is 31.5. The number of hydrogen-bond donors (Lipinski definition) is 0. The van der Waals surface area contributed by atoms with E-state index in [0.29, 0.717) is 50.8 Å². The van der Waals surface area contributed by atoms with Gasteiger partial charge in [0.15, 0.2) is 0 Å². The summed E-state index contributed by atoms with van der Waals surface area (Å²) in [6, 6.07) is 117. The highest BCUT2D eigenvalue weighted by Crippen LogP contribution is 2.50. The molecule has 0 aliphatic heterocycles. The van der Waals surface area contributed by atoms with Gasteiger partial charge in [-0.25, -0.2) is 9.97 Å². The van der Waals surface area contributed by atoms with Gasteiger partial charge in [-0.15, -0.1) is 0 Å². The first kappa shape index (κ1) is 88.6. The Hall–Kier alpha value is -12.7. The van der Waals surface area contributed by atoms with Crippen LogP contribution in [0.15, 0.2) is 338 Å². The van der Waals surface area contributed by atoms with Crippen molar-refractivity contribution in [2.24, 2.45) is 9.98 Å². The van der Waals surface area contributed by atoms with Gasteiger partial charge in [0, 0.05) is 24.0 Å². The van der Waals surface area contributed by atoms with E-state index in [-0.39, 0.29) is 32.5 Å². The fourth-order valence-corrected chi connectivity index (χ4v) is 16.2. The summed E-state index contributed by atoms with van der Waals surface area (Å²) in [7, 11) is 0. The van der Waals surface area contributed by atoms with E-state index < -0.39 is 10.8 Å². The largest absolute Gasteiger partial charge is 0.493 e. The van der Waals surface area contributed by atoms with Gasteiger partial charge in [0.05, 0.1) is 83.8 Å². The SMILES string of the molecule is CC(C)(C)c1ccc(C(c2ccc(OCCCOc3ccc(-c4cccc(C=Nc5ccc(Oc6ccc(N=Cc7cccc(-c8ccc(OCCCOc9ccc(C(c%10ccc(C(C)(C)C)cc%10)(c%10ccc(C(C)(C)C)cc%10)c%10ccc(C(C)(C)C)cc%10)cc9)cc8)n7)cc6)cc5)n4)cc3)cc2)(c2ccc(C(C)(C)C)cc2)c2ccc(C(C)(C)C)cc2)cc1. The molecule has 2 heterocycles. The van der Waals surface area contributed by atoms with Gasteiger partial charge in [-0.2, -0.15) is 0 Å². The molecule has 0 spiro atoms. The summed E-state index contributed by atoms with van der Waals surface area (Å²) in [4.78, 5) is 19.4. The Morgan fingerprint density at radius 2 is 0.408 bits per heavy atom. The van der Waals surface area contributed by atoms with Crippen molar-refractivity contribution in [3.8, 4) is 57.0 Å². The second-order valence-electron chi connectivity index (χ2n) is 39.2. The van der Waals surface area contributed by atoms with E-state index in [0.717, 1.165) is 68.3 Å². The maximum Gasteiger partial charge on any atom is 0.127 e. The number of aromatic nitrogens is 2. The van der Waals surface area contributed by atoms with Gasteiger partial charge < -0.3 is 23.7 Å². The maximum atomic E-state index is 6.41. The molecule has 0 radical (unpaired) electrons. The topological polar surface area (TPSA) is 96.7 Å². The molecule has 0 fully saturated rings. The fraction of sp³-hybridized carbons (Fsp3) is 0.276. The first-order chi connectivity index (χ1) is 59.7. The molecule has 14 aromatic rings. The molecule has 0 bridgehead atoms. The molecule has 0 saturated heterocycles. The van der Waals surface area contributed by atoms with E-state index >= 15 is 0 Å². The molecule has 9 nitrogen and oxygen atoms in total. The van der Waals surface area contributed by atoms with Crippen molar-refractivity contribution >= 4 is 23.8 Å². The Bertz CT molecular complexity index is 5290. The van der Waals surface area contributed by atoms with Gasteiger partial charge in [0.25, 0.3) is 0 Å². The first-order valence-corrected chi connectivity index (χ1v) is 44.2. The van der Waals surface area contributed by atoms with E-state index in [4.69, 9.17) is 43.6 Å². The zero-order chi connectivity index (χ0) is 88.4. The van der Waals surface area contributed by atoms with E-state index in [9.17, 15) is 0 Å². The highest BCUT2D eigenvalue weighted by molar-refractivity contribution is 5.82. The molecule has 0 atom stereocenters. The molecule has 14 rings (SSSR count). The number of rotatable bonds is 28. The van der Waals surface area contributed by atoms with Gasteiger partial charge in [0.2, 0.25) is 0 Å². The Balaban J connectivity index is 0.530. The van der Waals surface area contributed by atoms with Crippen LogP contribution < -0.4 is 23.7 Å². The highest BCUT2D eigenvalue weighted by atomic mass is 16.5. The molecule has 0 saturated carbocycles. The van der Waals surface area contributed by atoms with Gasteiger partial charge in [-0.05, 0) is 256 Å². The maximum absolute atomic E-state index is 6.41. The lowest BCUT2D eigenvalue weighted by atomic mass is 9.64. The zero-order valence-corrected chi connectivity index (χ0v) is 76.4. The lowest BCUT2D eigenvalue weighted by Gasteiger charge is -2.38. The molecule has 0 unspecified atom stereocenters. The van der Waals surface area contributed by atoms with Crippen LogP contribution in [0.25, 0.3) is 22.5 Å². The Morgan fingerprint density at radius 1 is 0.216 bits per heavy atom. The normalized spacial score (nSPS) is 12.5. The summed E-state index contributed by atoms with van der Waals surface area (Å²) in [6.07, 6.45) is 4.99. The zero-order valence-electron chi connectivity index (χ0n) is 76.4. The third-order valence-electron chi connectivity index (χ3n) is 23.8. The molecule has 0 aliphatic rings. The first-order valence-electron chi connectivity index (χ1n) is 44.2. The minimum atomic E-state index is -0.600. The summed E-state index contributed by atoms with van der Waals surface area (Å²) >= 11 is 0. The van der Waals surface area contributed by atoms with E-state index in [2.05, 4.69) is 319 Å². The van der Waals surface area contributed by atoms with Crippen LogP contribution in [0.5, 0.6) is 34.5 Å². The average molecular weight is 1650 g/mol. The smallest absolute Gasteiger partial charge is 0.127 e. The molecular weight excluding hydrogens is 1530 g/mol. The van der Waals surface area contributed by atoms with Crippen molar-refractivity contribution in [2.75, 3.05) is 26.4 Å². The van der Waals surface area contributed by atoms with Crippen LogP contribution in [0, 0.1) is 0 Å². The van der Waals surface area contributed by atoms with Crippen molar-refractivity contribution in [1.29, 1.82) is 0 Å². The minimum absolute atomic E-state index is 0.0205. The summed E-state index contributed by atoms with van der Waals surface area (Å²) in [6.45, 7) is 43.0. The Morgan fingerprint density at radius 3 is 0.624 bits per heavy atom. The fourth-order valence-electron chi connectivity index (χ4n) is 16.2. The lowest BCUT2D eigenvalue weighted by Crippen LogP contribution is -2.31. The van der Waals surface area contributed by atoms with Gasteiger partial charge >= 0.3 is 0 Å². The molecule has 9 heteroatoms. The van der Waals surface area contributed by atoms with Gasteiger partial charge in [-0.3, -0.25) is 9.98 Å². The molecule has 2 aromatic heterocycles. The highest BCUT2D eigenvalue weighted by Gasteiger charge is 2.42. The van der Waals surface area contributed by atoms with Crippen LogP contribution >= 0.6 is 0 Å². The number of ether oxygens (including phenoxy) is 5. The lowest BCUT2D eigenvalue weighted by molar-refractivity contribution is 0.247. The summed E-state index contributed by atoms with van der Waals surface area (Å²) in [5, 5.41) is 0. The third kappa shape index (κ3) is 21.4. The predicted molar refractivity (Wildman–Crippen MR) is 520 cm³/mol. The van der Waals surface area contributed by atoms with E-state index in [1.807, 2.05) is 133 Å². The van der Waals surface area contributed by atoms with Crippen LogP contribution in [0.3, 0.4) is 0 Å². The van der Waals surface area contributed by atoms with Crippen molar-refractivity contribution in [2.45, 2.75) is 181 Å². The Kier molecular flexibility index (Phi) is 26.5. The van der Waals surface area contributed by atoms with Crippen LogP contribution in [0.4, 0.5) is 11.4 Å². The van der Waals surface area contributed by atoms with Crippen LogP contribution in [0.2, 0.25) is 0 Å². The average Bonchev–Trinajstić information content (AvgIpc) is 0.731. The summed E-state index contributed by atoms with van der Waals surface area (Å²) in [5.74, 6) is 4.59. The molecule has 636 valence electrons. The van der Waals surface area contributed by atoms with E-state index in [1.165, 1.54) is 77.9 Å². The minimum Gasteiger partial charge on any atom is -0.493 e. The second kappa shape index (κ2) is 37.4. The van der Waals surface area contributed by atoms with E-state index in [1.54, 1.807) is 12.4 Å². The molecule has 0 aliphatic carbocycles. The van der Waals surface area contributed by atoms with Crippen LogP contribution in [0.1, 0.15) is 227 Å². The van der Waals surface area contributed by atoms with Crippen molar-refractivity contribution in [3.05, 3.63) is 417 Å².